The average Bonchev–Trinajstić information content (AvgIpc) is 3.05. The Labute approximate surface area is 146 Å². The summed E-state index contributed by atoms with van der Waals surface area (Å²) in [5.41, 5.74) is 1.05. The topological polar surface area (TPSA) is 73.6 Å². The average molecular weight is 342 g/mol. The van der Waals surface area contributed by atoms with Crippen molar-refractivity contribution in [3.05, 3.63) is 30.0 Å². The van der Waals surface area contributed by atoms with Crippen molar-refractivity contribution in [2.24, 2.45) is 5.92 Å². The van der Waals surface area contributed by atoms with Crippen LogP contribution in [0.3, 0.4) is 0 Å². The number of ether oxygens (including phenoxy) is 2. The van der Waals surface area contributed by atoms with E-state index < -0.39 is 5.41 Å². The number of aromatic nitrogens is 1. The predicted molar refractivity (Wildman–Crippen MR) is 91.4 cm³/mol. The Morgan fingerprint density at radius 3 is 2.80 bits per heavy atom. The summed E-state index contributed by atoms with van der Waals surface area (Å²) in [6.45, 7) is 5.23. The van der Waals surface area contributed by atoms with Gasteiger partial charge in [0.15, 0.2) is 17.3 Å². The first kappa shape index (κ1) is 16.0. The lowest BCUT2D eigenvalue weighted by atomic mass is 10.00. The highest BCUT2D eigenvalue weighted by molar-refractivity contribution is 5.91. The summed E-state index contributed by atoms with van der Waals surface area (Å²) in [7, 11) is 0. The second-order valence-corrected chi connectivity index (χ2v) is 7.16. The first-order valence-corrected chi connectivity index (χ1v) is 8.74. The van der Waals surface area contributed by atoms with Crippen molar-refractivity contribution >= 4 is 5.91 Å². The van der Waals surface area contributed by atoms with Gasteiger partial charge in [0.05, 0.1) is 11.1 Å². The zero-order valence-corrected chi connectivity index (χ0v) is 14.5. The standard InChI is InChI=1S/C19H22N2O4/c1-12(2)5-8-20-18(22)19(6-7-19)17-10-15(25-21-17)13-3-4-14-16(9-13)24-11-23-14/h3-4,9-10,12H,5-8,11H2,1-2H3,(H,20,22). The zero-order valence-electron chi connectivity index (χ0n) is 14.5. The van der Waals surface area contributed by atoms with Gasteiger partial charge < -0.3 is 19.3 Å². The van der Waals surface area contributed by atoms with Crippen LogP contribution in [-0.2, 0) is 10.2 Å². The molecule has 4 rings (SSSR count). The lowest BCUT2D eigenvalue weighted by molar-refractivity contribution is -0.123. The molecule has 132 valence electrons. The molecule has 2 aliphatic rings. The predicted octanol–water partition coefficient (Wildman–Crippen LogP) is 3.26. The normalized spacial score (nSPS) is 16.9. The lowest BCUT2D eigenvalue weighted by Crippen LogP contribution is -2.35. The molecule has 6 heteroatoms. The zero-order chi connectivity index (χ0) is 17.4. The lowest BCUT2D eigenvalue weighted by Gasteiger charge is -2.13. The van der Waals surface area contributed by atoms with Gasteiger partial charge in [0.25, 0.3) is 0 Å². The van der Waals surface area contributed by atoms with Crippen molar-refractivity contribution in [1.82, 2.24) is 10.5 Å². The molecule has 1 aromatic heterocycles. The van der Waals surface area contributed by atoms with Gasteiger partial charge in [0.2, 0.25) is 12.7 Å². The van der Waals surface area contributed by atoms with E-state index in [1.165, 1.54) is 0 Å². The molecule has 0 radical (unpaired) electrons. The van der Waals surface area contributed by atoms with Crippen LogP contribution in [0, 0.1) is 5.92 Å². The molecule has 1 aliphatic carbocycles. The van der Waals surface area contributed by atoms with Gasteiger partial charge in [-0.3, -0.25) is 4.79 Å². The molecule has 6 nitrogen and oxygen atoms in total. The van der Waals surface area contributed by atoms with Crippen LogP contribution in [0.4, 0.5) is 0 Å². The quantitative estimate of drug-likeness (QED) is 0.872. The van der Waals surface area contributed by atoms with Crippen molar-refractivity contribution in [3.63, 3.8) is 0 Å². The molecule has 1 fully saturated rings. The number of carbonyl (C=O) groups excluding carboxylic acids is 1. The Hall–Kier alpha value is -2.50. The van der Waals surface area contributed by atoms with Crippen molar-refractivity contribution in [3.8, 4) is 22.8 Å². The summed E-state index contributed by atoms with van der Waals surface area (Å²) >= 11 is 0. The van der Waals surface area contributed by atoms with Crippen LogP contribution in [0.25, 0.3) is 11.3 Å². The molecular formula is C19H22N2O4. The van der Waals surface area contributed by atoms with E-state index in [-0.39, 0.29) is 12.7 Å². The number of amides is 1. The Morgan fingerprint density at radius 1 is 1.24 bits per heavy atom. The molecule has 0 saturated heterocycles. The molecule has 0 spiro atoms. The van der Waals surface area contributed by atoms with Gasteiger partial charge in [0.1, 0.15) is 0 Å². The number of hydrogen-bond acceptors (Lipinski definition) is 5. The van der Waals surface area contributed by atoms with Gasteiger partial charge in [-0.05, 0) is 43.4 Å². The van der Waals surface area contributed by atoms with Crippen molar-refractivity contribution in [2.45, 2.75) is 38.5 Å². The van der Waals surface area contributed by atoms with Gasteiger partial charge >= 0.3 is 0 Å². The van der Waals surface area contributed by atoms with Gasteiger partial charge in [-0.15, -0.1) is 0 Å². The molecule has 2 aromatic rings. The summed E-state index contributed by atoms with van der Waals surface area (Å²) in [6.07, 6.45) is 2.60. The number of rotatable bonds is 6. The van der Waals surface area contributed by atoms with Crippen LogP contribution in [0.5, 0.6) is 11.5 Å². The molecule has 1 N–H and O–H groups in total. The van der Waals surface area contributed by atoms with Gasteiger partial charge in [-0.2, -0.15) is 0 Å². The first-order chi connectivity index (χ1) is 12.1. The second kappa shape index (κ2) is 6.10. The first-order valence-electron chi connectivity index (χ1n) is 8.74. The summed E-state index contributed by atoms with van der Waals surface area (Å²) in [4.78, 5) is 12.6. The van der Waals surface area contributed by atoms with Crippen LogP contribution in [-0.4, -0.2) is 24.4 Å². The minimum atomic E-state index is -0.519. The molecule has 1 saturated carbocycles. The van der Waals surface area contributed by atoms with Crippen LogP contribution >= 0.6 is 0 Å². The molecular weight excluding hydrogens is 320 g/mol. The van der Waals surface area contributed by atoms with Gasteiger partial charge in [0, 0.05) is 18.2 Å². The van der Waals surface area contributed by atoms with Crippen LogP contribution in [0.2, 0.25) is 0 Å². The number of nitrogens with one attached hydrogen (secondary N) is 1. The van der Waals surface area contributed by atoms with E-state index in [1.807, 2.05) is 24.3 Å². The molecule has 1 amide bonds. The number of benzene rings is 1. The number of carbonyl (C=O) groups is 1. The Kier molecular flexibility index (Phi) is 3.90. The fourth-order valence-corrected chi connectivity index (χ4v) is 3.05. The number of nitrogens with zero attached hydrogens (tertiary/aromatic N) is 1. The third-order valence-corrected chi connectivity index (χ3v) is 4.85. The monoisotopic (exact) mass is 342 g/mol. The summed E-state index contributed by atoms with van der Waals surface area (Å²) < 4.78 is 16.2. The fraction of sp³-hybridized carbons (Fsp3) is 0.474. The molecule has 2 heterocycles. The summed E-state index contributed by atoms with van der Waals surface area (Å²) in [6, 6.07) is 7.49. The van der Waals surface area contributed by atoms with Gasteiger partial charge in [-0.1, -0.05) is 19.0 Å². The third kappa shape index (κ3) is 2.97. The third-order valence-electron chi connectivity index (χ3n) is 4.85. The van der Waals surface area contributed by atoms with E-state index >= 15 is 0 Å². The largest absolute Gasteiger partial charge is 0.454 e. The van der Waals surface area contributed by atoms with Crippen LogP contribution in [0.15, 0.2) is 28.8 Å². The Bertz CT molecular complexity index is 792. The molecule has 25 heavy (non-hydrogen) atoms. The smallest absolute Gasteiger partial charge is 0.232 e. The number of hydrogen-bond donors (Lipinski definition) is 1. The van der Waals surface area contributed by atoms with E-state index in [2.05, 4.69) is 24.3 Å². The van der Waals surface area contributed by atoms with E-state index in [0.29, 0.717) is 29.7 Å². The minimum Gasteiger partial charge on any atom is -0.454 e. The fourth-order valence-electron chi connectivity index (χ4n) is 3.05. The summed E-state index contributed by atoms with van der Waals surface area (Å²) in [5.74, 6) is 2.68. The van der Waals surface area contributed by atoms with E-state index in [0.717, 1.165) is 30.6 Å². The maximum atomic E-state index is 12.6. The maximum Gasteiger partial charge on any atom is 0.232 e. The molecule has 0 bridgehead atoms. The highest BCUT2D eigenvalue weighted by atomic mass is 16.7. The molecule has 0 atom stereocenters. The van der Waals surface area contributed by atoms with Crippen molar-refractivity contribution < 1.29 is 18.8 Å². The van der Waals surface area contributed by atoms with Crippen LogP contribution < -0.4 is 14.8 Å². The van der Waals surface area contributed by atoms with E-state index in [1.54, 1.807) is 0 Å². The summed E-state index contributed by atoms with van der Waals surface area (Å²) in [5, 5.41) is 7.22. The van der Waals surface area contributed by atoms with Crippen LogP contribution in [0.1, 0.15) is 38.8 Å². The van der Waals surface area contributed by atoms with E-state index in [4.69, 9.17) is 14.0 Å². The molecule has 1 aromatic carbocycles. The van der Waals surface area contributed by atoms with Crippen molar-refractivity contribution in [1.29, 1.82) is 0 Å². The van der Waals surface area contributed by atoms with Gasteiger partial charge in [-0.25, -0.2) is 0 Å². The van der Waals surface area contributed by atoms with Crippen molar-refractivity contribution in [2.75, 3.05) is 13.3 Å². The number of fused-ring (bicyclic) bond motifs is 1. The SMILES string of the molecule is CC(C)CCNC(=O)C1(c2cc(-c3ccc4c(c3)OCO4)on2)CC1. The molecule has 0 unspecified atom stereocenters. The Balaban J connectivity index is 1.50. The Morgan fingerprint density at radius 2 is 2.04 bits per heavy atom. The molecule has 1 aliphatic heterocycles. The highest BCUT2D eigenvalue weighted by Gasteiger charge is 2.53. The minimum absolute atomic E-state index is 0.0543. The second-order valence-electron chi connectivity index (χ2n) is 7.16. The maximum absolute atomic E-state index is 12.6. The van der Waals surface area contributed by atoms with E-state index in [9.17, 15) is 4.79 Å². The highest BCUT2D eigenvalue weighted by Crippen LogP contribution is 2.49.